The van der Waals surface area contributed by atoms with Crippen molar-refractivity contribution in [2.24, 2.45) is 0 Å². The molecule has 0 aromatic heterocycles. The highest BCUT2D eigenvalue weighted by molar-refractivity contribution is 7.92. The van der Waals surface area contributed by atoms with Gasteiger partial charge in [-0.15, -0.1) is 0 Å². The predicted molar refractivity (Wildman–Crippen MR) is 146 cm³/mol. The van der Waals surface area contributed by atoms with Crippen LogP contribution in [0.5, 0.6) is 5.75 Å². The molecule has 3 rings (SSSR count). The van der Waals surface area contributed by atoms with Crippen molar-refractivity contribution < 1.29 is 32.1 Å². The SMILES string of the molecule is CNC(=O)[C@@H](C)N(Cc1ccc(F)cc1)C(=O)CN(c1ccc(OC)cc1)S(=O)(=O)c1ccc(C)c([N+](=O)[O-])c1. The number of aryl methyl sites for hydroxylation is 1. The molecule has 0 aliphatic heterocycles. The molecule has 40 heavy (non-hydrogen) atoms. The van der Waals surface area contributed by atoms with Gasteiger partial charge in [-0.25, -0.2) is 12.8 Å². The molecule has 0 unspecified atom stereocenters. The molecule has 0 saturated heterocycles. The Bertz CT molecular complexity index is 1500. The van der Waals surface area contributed by atoms with Crippen LogP contribution in [0.3, 0.4) is 0 Å². The zero-order chi connectivity index (χ0) is 29.6. The molecule has 0 saturated carbocycles. The van der Waals surface area contributed by atoms with E-state index in [1.165, 1.54) is 93.6 Å². The Morgan fingerprint density at radius 2 is 1.70 bits per heavy atom. The second-order valence-electron chi connectivity index (χ2n) is 8.85. The molecular formula is C27H29FN4O7S. The number of halogens is 1. The predicted octanol–water partition coefficient (Wildman–Crippen LogP) is 3.41. The number of nitrogens with zero attached hydrogens (tertiary/aromatic N) is 3. The molecule has 0 fully saturated rings. The fraction of sp³-hybridized carbons (Fsp3) is 0.259. The number of methoxy groups -OCH3 is 1. The first-order chi connectivity index (χ1) is 18.9. The zero-order valence-electron chi connectivity index (χ0n) is 22.3. The number of hydrogen-bond acceptors (Lipinski definition) is 7. The number of anilines is 1. The van der Waals surface area contributed by atoms with E-state index >= 15 is 0 Å². The monoisotopic (exact) mass is 572 g/mol. The Kier molecular flexibility index (Phi) is 9.43. The Morgan fingerprint density at radius 1 is 1.07 bits per heavy atom. The fourth-order valence-electron chi connectivity index (χ4n) is 3.93. The highest BCUT2D eigenvalue weighted by atomic mass is 32.2. The second-order valence-corrected chi connectivity index (χ2v) is 10.7. The molecule has 3 aromatic rings. The van der Waals surface area contributed by atoms with Gasteiger partial charge >= 0.3 is 0 Å². The van der Waals surface area contributed by atoms with E-state index in [0.717, 1.165) is 10.4 Å². The van der Waals surface area contributed by atoms with Crippen LogP contribution in [0.1, 0.15) is 18.1 Å². The molecule has 0 heterocycles. The Labute approximate surface area is 231 Å². The van der Waals surface area contributed by atoms with Crippen LogP contribution in [0.15, 0.2) is 71.6 Å². The average Bonchev–Trinajstić information content (AvgIpc) is 2.94. The van der Waals surface area contributed by atoms with Crippen LogP contribution in [0, 0.1) is 22.9 Å². The minimum atomic E-state index is -4.51. The van der Waals surface area contributed by atoms with Gasteiger partial charge < -0.3 is 15.0 Å². The maximum absolute atomic E-state index is 13.9. The summed E-state index contributed by atoms with van der Waals surface area (Å²) in [7, 11) is -1.68. The van der Waals surface area contributed by atoms with Crippen molar-refractivity contribution in [2.45, 2.75) is 31.3 Å². The topological polar surface area (TPSA) is 139 Å². The van der Waals surface area contributed by atoms with E-state index in [9.17, 15) is 32.5 Å². The van der Waals surface area contributed by atoms with Gasteiger partial charge in [0.15, 0.2) is 0 Å². The Balaban J connectivity index is 2.09. The van der Waals surface area contributed by atoms with Gasteiger partial charge in [0.1, 0.15) is 24.2 Å². The van der Waals surface area contributed by atoms with Crippen molar-refractivity contribution in [3.63, 3.8) is 0 Å². The summed E-state index contributed by atoms with van der Waals surface area (Å²) >= 11 is 0. The Hall–Kier alpha value is -4.52. The maximum atomic E-state index is 13.9. The van der Waals surface area contributed by atoms with E-state index in [0.29, 0.717) is 11.3 Å². The first-order valence-corrected chi connectivity index (χ1v) is 13.5. The van der Waals surface area contributed by atoms with Crippen LogP contribution >= 0.6 is 0 Å². The van der Waals surface area contributed by atoms with Gasteiger partial charge in [-0.1, -0.05) is 18.2 Å². The quantitative estimate of drug-likeness (QED) is 0.274. The first kappa shape index (κ1) is 30.0. The number of nitrogens with one attached hydrogen (secondary N) is 1. The Morgan fingerprint density at radius 3 is 2.25 bits per heavy atom. The molecule has 0 spiro atoms. The highest BCUT2D eigenvalue weighted by Crippen LogP contribution is 2.29. The van der Waals surface area contributed by atoms with Crippen LogP contribution in [0.4, 0.5) is 15.8 Å². The number of carbonyl (C=O) groups is 2. The molecule has 13 heteroatoms. The number of likely N-dealkylation sites (N-methyl/N-ethyl adjacent to an activating group) is 1. The lowest BCUT2D eigenvalue weighted by molar-refractivity contribution is -0.385. The third kappa shape index (κ3) is 6.72. The lowest BCUT2D eigenvalue weighted by Gasteiger charge is -2.31. The highest BCUT2D eigenvalue weighted by Gasteiger charge is 2.33. The van der Waals surface area contributed by atoms with E-state index in [2.05, 4.69) is 5.32 Å². The molecule has 0 radical (unpaired) electrons. The number of carbonyl (C=O) groups excluding carboxylic acids is 2. The molecule has 1 N–H and O–H groups in total. The van der Waals surface area contributed by atoms with Crippen molar-refractivity contribution >= 4 is 33.2 Å². The normalized spacial score (nSPS) is 11.8. The lowest BCUT2D eigenvalue weighted by Crippen LogP contribution is -2.50. The molecule has 0 aliphatic rings. The number of benzene rings is 3. The summed E-state index contributed by atoms with van der Waals surface area (Å²) in [5.41, 5.74) is 0.472. The van der Waals surface area contributed by atoms with Gasteiger partial charge in [-0.05, 0) is 61.9 Å². The fourth-order valence-corrected chi connectivity index (χ4v) is 5.36. The van der Waals surface area contributed by atoms with Crippen LogP contribution < -0.4 is 14.4 Å². The summed E-state index contributed by atoms with van der Waals surface area (Å²) < 4.78 is 47.2. The van der Waals surface area contributed by atoms with E-state index < -0.39 is 55.7 Å². The third-order valence-corrected chi connectivity index (χ3v) is 8.05. The van der Waals surface area contributed by atoms with Crippen molar-refractivity contribution in [1.82, 2.24) is 10.2 Å². The molecule has 3 aromatic carbocycles. The largest absolute Gasteiger partial charge is 0.497 e. The van der Waals surface area contributed by atoms with E-state index in [1.807, 2.05) is 0 Å². The molecule has 0 bridgehead atoms. The summed E-state index contributed by atoms with van der Waals surface area (Å²) in [6, 6.07) is 13.7. The molecule has 1 atom stereocenters. The number of rotatable bonds is 11. The van der Waals surface area contributed by atoms with Gasteiger partial charge in [0.25, 0.3) is 15.7 Å². The van der Waals surface area contributed by atoms with Crippen LogP contribution in [-0.4, -0.2) is 56.8 Å². The smallest absolute Gasteiger partial charge is 0.273 e. The van der Waals surface area contributed by atoms with Gasteiger partial charge in [-0.2, -0.15) is 0 Å². The van der Waals surface area contributed by atoms with Crippen molar-refractivity contribution in [3.05, 3.63) is 93.8 Å². The summed E-state index contributed by atoms with van der Waals surface area (Å²) in [6.07, 6.45) is 0. The number of ether oxygens (including phenoxy) is 1. The molecule has 212 valence electrons. The standard InChI is InChI=1S/C27H29FN4O7S/c1-18-5-14-24(15-25(18)32(35)36)40(37,38)31(22-10-12-23(39-4)13-11-22)17-26(33)30(19(2)27(34)29-3)16-20-6-8-21(28)9-7-20/h5-15,19H,16-17H2,1-4H3,(H,29,34)/t19-/m1/s1. The zero-order valence-corrected chi connectivity index (χ0v) is 23.1. The molecule has 0 aliphatic carbocycles. The van der Waals surface area contributed by atoms with Crippen LogP contribution in [0.25, 0.3) is 0 Å². The van der Waals surface area contributed by atoms with E-state index in [-0.39, 0.29) is 17.8 Å². The molecule has 2 amide bonds. The average molecular weight is 573 g/mol. The van der Waals surface area contributed by atoms with Gasteiger partial charge in [0.05, 0.1) is 22.6 Å². The summed E-state index contributed by atoms with van der Waals surface area (Å²) in [5.74, 6) is -1.28. The number of amides is 2. The molecular weight excluding hydrogens is 543 g/mol. The number of nitro groups is 1. The minimum Gasteiger partial charge on any atom is -0.497 e. The first-order valence-electron chi connectivity index (χ1n) is 12.1. The van der Waals surface area contributed by atoms with Crippen molar-refractivity contribution in [1.29, 1.82) is 0 Å². The molecule has 11 nitrogen and oxygen atoms in total. The van der Waals surface area contributed by atoms with E-state index in [4.69, 9.17) is 4.74 Å². The van der Waals surface area contributed by atoms with Crippen LogP contribution in [0.2, 0.25) is 0 Å². The number of hydrogen-bond donors (Lipinski definition) is 1. The number of nitro benzene ring substituents is 1. The summed E-state index contributed by atoms with van der Waals surface area (Å²) in [5, 5.41) is 14.0. The van der Waals surface area contributed by atoms with Crippen molar-refractivity contribution in [2.75, 3.05) is 25.0 Å². The maximum Gasteiger partial charge on any atom is 0.273 e. The lowest BCUT2D eigenvalue weighted by atomic mass is 10.1. The second kappa shape index (κ2) is 12.6. The van der Waals surface area contributed by atoms with Gasteiger partial charge in [-0.3, -0.25) is 24.0 Å². The van der Waals surface area contributed by atoms with Gasteiger partial charge in [0.2, 0.25) is 11.8 Å². The van der Waals surface area contributed by atoms with E-state index in [1.54, 1.807) is 0 Å². The number of sulfonamides is 1. The third-order valence-electron chi connectivity index (χ3n) is 6.28. The van der Waals surface area contributed by atoms with Crippen LogP contribution in [-0.2, 0) is 26.2 Å². The minimum absolute atomic E-state index is 0.0895. The van der Waals surface area contributed by atoms with Crippen molar-refractivity contribution in [3.8, 4) is 5.75 Å². The van der Waals surface area contributed by atoms with Gasteiger partial charge in [0, 0.05) is 25.2 Å². The summed E-state index contributed by atoms with van der Waals surface area (Å²) in [4.78, 5) is 37.8. The summed E-state index contributed by atoms with van der Waals surface area (Å²) in [6.45, 7) is 2.11.